The molecular weight excluding hydrogens is 342 g/mol. The topological polar surface area (TPSA) is 64.6 Å². The van der Waals surface area contributed by atoms with Crippen molar-refractivity contribution < 1.29 is 19.1 Å². The number of ether oxygens (including phenoxy) is 2. The van der Waals surface area contributed by atoms with E-state index >= 15 is 0 Å². The number of hydrogen-bond donors (Lipinski definition) is 1. The second-order valence-corrected chi connectivity index (χ2v) is 7.85. The summed E-state index contributed by atoms with van der Waals surface area (Å²) in [4.78, 5) is 24.9. The number of esters is 1. The van der Waals surface area contributed by atoms with Crippen molar-refractivity contribution in [2.45, 2.75) is 25.9 Å². The second-order valence-electron chi connectivity index (χ2n) is 7.85. The normalized spacial score (nSPS) is 30.3. The summed E-state index contributed by atoms with van der Waals surface area (Å²) in [6.45, 7) is 2.03. The minimum Gasteiger partial charge on any atom is -0.462 e. The highest BCUT2D eigenvalue weighted by molar-refractivity contribution is 5.97. The molecule has 2 bridgehead atoms. The molecule has 1 amide bonds. The Bertz CT molecular complexity index is 888. The van der Waals surface area contributed by atoms with E-state index in [2.05, 4.69) is 5.32 Å². The van der Waals surface area contributed by atoms with Gasteiger partial charge in [0.1, 0.15) is 17.6 Å². The van der Waals surface area contributed by atoms with Gasteiger partial charge in [0, 0.05) is 11.6 Å². The highest BCUT2D eigenvalue weighted by Gasteiger charge is 2.63. The number of fused-ring (bicyclic) bond motifs is 1. The Morgan fingerprint density at radius 1 is 1.04 bits per heavy atom. The molecule has 3 aliphatic rings. The number of carbonyl (C=O) groups is 2. The van der Waals surface area contributed by atoms with Gasteiger partial charge in [-0.2, -0.15) is 0 Å². The molecule has 0 aromatic heterocycles. The number of aryl methyl sites for hydroxylation is 1. The maximum absolute atomic E-state index is 12.8. The standard InChI is InChI=1S/C22H21NO4/c1-12-2-6-15(7-3-12)26-16-8-4-14(5-9-16)23-21(24)19-13-10-17-18(11-13)27-22(25)20(17)19/h2-9,13,17-20H,10-11H2,1H3,(H,23,24)/t13-,17-,18+,19-,20-/m1/s1. The van der Waals surface area contributed by atoms with Crippen LogP contribution in [0.25, 0.3) is 0 Å². The lowest BCUT2D eigenvalue weighted by molar-refractivity contribution is -0.145. The Labute approximate surface area is 157 Å². The van der Waals surface area contributed by atoms with E-state index < -0.39 is 0 Å². The fourth-order valence-electron chi connectivity index (χ4n) is 4.94. The molecule has 27 heavy (non-hydrogen) atoms. The number of hydrogen-bond acceptors (Lipinski definition) is 4. The van der Waals surface area contributed by atoms with E-state index in [4.69, 9.17) is 9.47 Å². The summed E-state index contributed by atoms with van der Waals surface area (Å²) in [5.41, 5.74) is 1.89. The van der Waals surface area contributed by atoms with Gasteiger partial charge in [-0.05, 0) is 62.1 Å². The average molecular weight is 363 g/mol. The lowest BCUT2D eigenvalue weighted by Gasteiger charge is -2.23. The fourth-order valence-corrected chi connectivity index (χ4v) is 4.94. The second kappa shape index (κ2) is 6.12. The minimum absolute atomic E-state index is 0.0507. The minimum atomic E-state index is -0.260. The van der Waals surface area contributed by atoms with E-state index in [1.54, 1.807) is 0 Å². The van der Waals surface area contributed by atoms with Gasteiger partial charge in [0.05, 0.1) is 11.8 Å². The molecule has 1 aliphatic heterocycles. The van der Waals surface area contributed by atoms with Crippen LogP contribution in [0.3, 0.4) is 0 Å². The van der Waals surface area contributed by atoms with E-state index in [-0.39, 0.29) is 41.7 Å². The van der Waals surface area contributed by atoms with Crippen LogP contribution in [0, 0.1) is 30.6 Å². The van der Waals surface area contributed by atoms with Gasteiger partial charge in [0.15, 0.2) is 0 Å². The van der Waals surface area contributed by atoms with Crippen molar-refractivity contribution in [2.24, 2.45) is 23.7 Å². The first-order valence-corrected chi connectivity index (χ1v) is 9.44. The first kappa shape index (κ1) is 16.4. The number of rotatable bonds is 4. The third-order valence-electron chi connectivity index (χ3n) is 6.16. The third kappa shape index (κ3) is 2.78. The van der Waals surface area contributed by atoms with Crippen LogP contribution in [0.4, 0.5) is 5.69 Å². The lowest BCUT2D eigenvalue weighted by Crippen LogP contribution is -2.35. The van der Waals surface area contributed by atoms with Gasteiger partial charge in [0.2, 0.25) is 5.91 Å². The van der Waals surface area contributed by atoms with Crippen molar-refractivity contribution in [3.8, 4) is 11.5 Å². The van der Waals surface area contributed by atoms with E-state index in [0.717, 1.165) is 18.6 Å². The maximum Gasteiger partial charge on any atom is 0.310 e. The van der Waals surface area contributed by atoms with Crippen molar-refractivity contribution in [2.75, 3.05) is 5.32 Å². The van der Waals surface area contributed by atoms with Gasteiger partial charge < -0.3 is 14.8 Å². The van der Waals surface area contributed by atoms with Crippen molar-refractivity contribution in [3.63, 3.8) is 0 Å². The highest BCUT2D eigenvalue weighted by Crippen LogP contribution is 2.57. The molecule has 1 saturated heterocycles. The van der Waals surface area contributed by atoms with Crippen LogP contribution in [0.2, 0.25) is 0 Å². The van der Waals surface area contributed by atoms with Crippen LogP contribution in [0.15, 0.2) is 48.5 Å². The zero-order valence-electron chi connectivity index (χ0n) is 15.1. The van der Waals surface area contributed by atoms with Crippen LogP contribution >= 0.6 is 0 Å². The van der Waals surface area contributed by atoms with Crippen LogP contribution in [-0.4, -0.2) is 18.0 Å². The van der Waals surface area contributed by atoms with Gasteiger partial charge >= 0.3 is 5.97 Å². The zero-order chi connectivity index (χ0) is 18.5. The van der Waals surface area contributed by atoms with Crippen molar-refractivity contribution in [3.05, 3.63) is 54.1 Å². The molecule has 0 radical (unpaired) electrons. The molecule has 5 rings (SSSR count). The van der Waals surface area contributed by atoms with Gasteiger partial charge in [0.25, 0.3) is 0 Å². The largest absolute Gasteiger partial charge is 0.462 e. The van der Waals surface area contributed by atoms with Crippen LogP contribution in [0.5, 0.6) is 11.5 Å². The molecule has 2 saturated carbocycles. The van der Waals surface area contributed by atoms with Crippen molar-refractivity contribution in [1.82, 2.24) is 0 Å². The fraction of sp³-hybridized carbons (Fsp3) is 0.364. The summed E-state index contributed by atoms with van der Waals surface area (Å²) in [5, 5.41) is 2.97. The zero-order valence-corrected chi connectivity index (χ0v) is 15.1. The van der Waals surface area contributed by atoms with E-state index in [1.165, 1.54) is 5.56 Å². The predicted octanol–water partition coefficient (Wildman–Crippen LogP) is 3.92. The predicted molar refractivity (Wildman–Crippen MR) is 99.4 cm³/mol. The smallest absolute Gasteiger partial charge is 0.310 e. The Hall–Kier alpha value is -2.82. The SMILES string of the molecule is Cc1ccc(Oc2ccc(NC(=O)[C@@H]3[C@@H]4C[C@H]5[C@H]3C(=O)O[C@H]5C4)cc2)cc1. The molecule has 3 fully saturated rings. The molecule has 0 spiro atoms. The number of carbonyl (C=O) groups excluding carboxylic acids is 2. The molecule has 1 N–H and O–H groups in total. The Morgan fingerprint density at radius 2 is 1.70 bits per heavy atom. The van der Waals surface area contributed by atoms with E-state index in [9.17, 15) is 9.59 Å². The van der Waals surface area contributed by atoms with Gasteiger partial charge in [-0.1, -0.05) is 17.7 Å². The summed E-state index contributed by atoms with van der Waals surface area (Å²) in [5.74, 6) is 1.21. The maximum atomic E-state index is 12.8. The van der Waals surface area contributed by atoms with Crippen LogP contribution in [0.1, 0.15) is 18.4 Å². The summed E-state index contributed by atoms with van der Waals surface area (Å²) in [6.07, 6.45) is 1.81. The molecule has 138 valence electrons. The molecule has 2 aliphatic carbocycles. The summed E-state index contributed by atoms with van der Waals surface area (Å²) in [6, 6.07) is 15.2. The number of amides is 1. The molecule has 1 heterocycles. The van der Waals surface area contributed by atoms with Crippen LogP contribution in [-0.2, 0) is 14.3 Å². The van der Waals surface area contributed by atoms with Gasteiger partial charge in [-0.15, -0.1) is 0 Å². The summed E-state index contributed by atoms with van der Waals surface area (Å²) >= 11 is 0. The first-order chi connectivity index (χ1) is 13.1. The molecule has 5 atom stereocenters. The van der Waals surface area contributed by atoms with E-state index in [0.29, 0.717) is 11.4 Å². The Kier molecular flexibility index (Phi) is 3.71. The van der Waals surface area contributed by atoms with Gasteiger partial charge in [-0.25, -0.2) is 0 Å². The first-order valence-electron chi connectivity index (χ1n) is 9.44. The molecule has 0 unspecified atom stereocenters. The van der Waals surface area contributed by atoms with Crippen molar-refractivity contribution >= 4 is 17.6 Å². The third-order valence-corrected chi connectivity index (χ3v) is 6.16. The Balaban J connectivity index is 1.25. The summed E-state index contributed by atoms with van der Waals surface area (Å²) < 4.78 is 11.2. The molecule has 2 aromatic carbocycles. The molecule has 2 aromatic rings. The quantitative estimate of drug-likeness (QED) is 0.836. The van der Waals surface area contributed by atoms with E-state index in [1.807, 2.05) is 55.5 Å². The average Bonchev–Trinajstić information content (AvgIpc) is 3.27. The highest BCUT2D eigenvalue weighted by atomic mass is 16.6. The molecular formula is C22H21NO4. The van der Waals surface area contributed by atoms with Gasteiger partial charge in [-0.3, -0.25) is 9.59 Å². The van der Waals surface area contributed by atoms with Crippen LogP contribution < -0.4 is 10.1 Å². The monoisotopic (exact) mass is 363 g/mol. The molecule has 5 nitrogen and oxygen atoms in total. The Morgan fingerprint density at radius 3 is 2.41 bits per heavy atom. The van der Waals surface area contributed by atoms with Crippen molar-refractivity contribution in [1.29, 1.82) is 0 Å². The summed E-state index contributed by atoms with van der Waals surface area (Å²) in [7, 11) is 0. The molecule has 5 heteroatoms. The number of anilines is 1. The number of nitrogens with one attached hydrogen (secondary N) is 1. The lowest BCUT2D eigenvalue weighted by atomic mass is 9.79. The number of benzene rings is 2.